The fraction of sp³-hybridized carbons (Fsp3) is 0.938. The van der Waals surface area contributed by atoms with Crippen molar-refractivity contribution in [2.24, 2.45) is 11.7 Å². The first-order valence-corrected chi connectivity index (χ1v) is 8.43. The van der Waals surface area contributed by atoms with Gasteiger partial charge in [0, 0.05) is 44.7 Å². The molecule has 1 saturated heterocycles. The minimum absolute atomic E-state index is 0.104. The Hall–Kier alpha value is -0.650. The van der Waals surface area contributed by atoms with Gasteiger partial charge in [-0.05, 0) is 39.8 Å². The summed E-state index contributed by atoms with van der Waals surface area (Å²) < 4.78 is 0. The van der Waals surface area contributed by atoms with Crippen LogP contribution in [0.5, 0.6) is 0 Å². The van der Waals surface area contributed by atoms with Gasteiger partial charge in [-0.3, -0.25) is 4.79 Å². The molecule has 0 aliphatic carbocycles. The van der Waals surface area contributed by atoms with Gasteiger partial charge in [0.1, 0.15) is 0 Å². The van der Waals surface area contributed by atoms with Gasteiger partial charge < -0.3 is 20.9 Å². The van der Waals surface area contributed by atoms with Crippen LogP contribution in [0.2, 0.25) is 0 Å². The smallest absolute Gasteiger partial charge is 0.222 e. The highest BCUT2D eigenvalue weighted by Gasteiger charge is 2.14. The Kier molecular flexibility index (Phi) is 8.88. The maximum Gasteiger partial charge on any atom is 0.222 e. The maximum atomic E-state index is 12.0. The molecule has 0 aromatic carbocycles. The standard InChI is InChI=1S/C16H34N4O/c1-14(6-4-7-15(2)17)16(21)18-8-5-9-20-12-10-19(3)11-13-20/h14-15H,4-13,17H2,1-3H3,(H,18,21). The second kappa shape index (κ2) is 10.1. The Labute approximate surface area is 130 Å². The first kappa shape index (κ1) is 18.4. The van der Waals surface area contributed by atoms with Gasteiger partial charge in [-0.15, -0.1) is 0 Å². The van der Waals surface area contributed by atoms with Crippen LogP contribution in [0, 0.1) is 5.92 Å². The molecule has 0 aromatic heterocycles. The zero-order valence-electron chi connectivity index (χ0n) is 14.1. The molecule has 1 aliphatic rings. The van der Waals surface area contributed by atoms with Gasteiger partial charge in [0.15, 0.2) is 0 Å². The molecule has 1 fully saturated rings. The van der Waals surface area contributed by atoms with E-state index in [-0.39, 0.29) is 17.9 Å². The second-order valence-electron chi connectivity index (χ2n) is 6.60. The summed E-state index contributed by atoms with van der Waals surface area (Å²) in [7, 11) is 2.17. The van der Waals surface area contributed by atoms with E-state index in [1.54, 1.807) is 0 Å². The van der Waals surface area contributed by atoms with E-state index in [9.17, 15) is 4.79 Å². The van der Waals surface area contributed by atoms with E-state index < -0.39 is 0 Å². The second-order valence-corrected chi connectivity index (χ2v) is 6.60. The molecule has 5 nitrogen and oxygen atoms in total. The van der Waals surface area contributed by atoms with Crippen molar-refractivity contribution in [2.45, 2.75) is 45.6 Å². The number of hydrogen-bond acceptors (Lipinski definition) is 4. The number of hydrogen-bond donors (Lipinski definition) is 2. The normalized spacial score (nSPS) is 20.2. The molecule has 0 radical (unpaired) electrons. The molecule has 1 aliphatic heterocycles. The maximum absolute atomic E-state index is 12.0. The molecular formula is C16H34N4O. The van der Waals surface area contributed by atoms with Crippen LogP contribution in [-0.4, -0.2) is 68.1 Å². The van der Waals surface area contributed by atoms with Crippen LogP contribution in [0.25, 0.3) is 0 Å². The fourth-order valence-corrected chi connectivity index (χ4v) is 2.64. The van der Waals surface area contributed by atoms with E-state index in [4.69, 9.17) is 5.73 Å². The number of carbonyl (C=O) groups excluding carboxylic acids is 1. The minimum atomic E-state index is 0.104. The highest BCUT2D eigenvalue weighted by atomic mass is 16.1. The number of nitrogens with one attached hydrogen (secondary N) is 1. The summed E-state index contributed by atoms with van der Waals surface area (Å²) >= 11 is 0. The lowest BCUT2D eigenvalue weighted by Gasteiger charge is -2.32. The number of likely N-dealkylation sites (N-methyl/N-ethyl adjacent to an activating group) is 1. The lowest BCUT2D eigenvalue weighted by atomic mass is 10.0. The molecular weight excluding hydrogens is 264 g/mol. The predicted octanol–water partition coefficient (Wildman–Crippen LogP) is 0.894. The number of carbonyl (C=O) groups is 1. The zero-order valence-corrected chi connectivity index (χ0v) is 14.1. The summed E-state index contributed by atoms with van der Waals surface area (Å²) in [6.45, 7) is 10.5. The summed E-state index contributed by atoms with van der Waals surface area (Å²) in [4.78, 5) is 16.8. The Morgan fingerprint density at radius 3 is 2.43 bits per heavy atom. The van der Waals surface area contributed by atoms with Crippen molar-refractivity contribution >= 4 is 5.91 Å². The van der Waals surface area contributed by atoms with Gasteiger partial charge in [0.2, 0.25) is 5.91 Å². The number of piperazine rings is 1. The van der Waals surface area contributed by atoms with Gasteiger partial charge in [0.25, 0.3) is 0 Å². The van der Waals surface area contributed by atoms with Gasteiger partial charge in [-0.2, -0.15) is 0 Å². The van der Waals surface area contributed by atoms with Crippen LogP contribution in [0.4, 0.5) is 0 Å². The molecule has 1 heterocycles. The molecule has 0 saturated carbocycles. The predicted molar refractivity (Wildman–Crippen MR) is 88.2 cm³/mol. The van der Waals surface area contributed by atoms with Crippen molar-refractivity contribution in [3.05, 3.63) is 0 Å². The average molecular weight is 298 g/mol. The number of nitrogens with zero attached hydrogens (tertiary/aromatic N) is 2. The first-order chi connectivity index (χ1) is 9.99. The molecule has 21 heavy (non-hydrogen) atoms. The van der Waals surface area contributed by atoms with E-state index in [2.05, 4.69) is 22.2 Å². The van der Waals surface area contributed by atoms with Gasteiger partial charge >= 0.3 is 0 Å². The van der Waals surface area contributed by atoms with Crippen LogP contribution in [0.3, 0.4) is 0 Å². The van der Waals surface area contributed by atoms with E-state index in [1.165, 1.54) is 0 Å². The Morgan fingerprint density at radius 2 is 1.81 bits per heavy atom. The van der Waals surface area contributed by atoms with Crippen LogP contribution < -0.4 is 11.1 Å². The van der Waals surface area contributed by atoms with Gasteiger partial charge in [-0.25, -0.2) is 0 Å². The van der Waals surface area contributed by atoms with Crippen molar-refractivity contribution in [1.82, 2.24) is 15.1 Å². The van der Waals surface area contributed by atoms with E-state index in [0.717, 1.165) is 65.0 Å². The van der Waals surface area contributed by atoms with Gasteiger partial charge in [-0.1, -0.05) is 13.3 Å². The number of amides is 1. The molecule has 0 bridgehead atoms. The van der Waals surface area contributed by atoms with Crippen LogP contribution >= 0.6 is 0 Å². The largest absolute Gasteiger partial charge is 0.356 e. The van der Waals surface area contributed by atoms with Crippen LogP contribution in [-0.2, 0) is 4.79 Å². The summed E-state index contributed by atoms with van der Waals surface area (Å²) in [5.74, 6) is 0.297. The molecule has 2 unspecified atom stereocenters. The summed E-state index contributed by atoms with van der Waals surface area (Å²) in [5.41, 5.74) is 5.72. The Bertz CT molecular complexity index is 288. The zero-order chi connectivity index (χ0) is 15.7. The topological polar surface area (TPSA) is 61.6 Å². The van der Waals surface area contributed by atoms with Gasteiger partial charge in [0.05, 0.1) is 0 Å². The van der Waals surface area contributed by atoms with Crippen molar-refractivity contribution < 1.29 is 4.79 Å². The highest BCUT2D eigenvalue weighted by molar-refractivity contribution is 5.78. The third-order valence-electron chi connectivity index (χ3n) is 4.29. The Morgan fingerprint density at radius 1 is 1.14 bits per heavy atom. The summed E-state index contributed by atoms with van der Waals surface area (Å²) in [5, 5.41) is 3.06. The molecule has 1 amide bonds. The molecule has 2 atom stereocenters. The molecule has 124 valence electrons. The lowest BCUT2D eigenvalue weighted by molar-refractivity contribution is -0.124. The third kappa shape index (κ3) is 8.39. The highest BCUT2D eigenvalue weighted by Crippen LogP contribution is 2.09. The van der Waals surface area contributed by atoms with E-state index in [0.29, 0.717) is 0 Å². The molecule has 5 heteroatoms. The fourth-order valence-electron chi connectivity index (χ4n) is 2.64. The van der Waals surface area contributed by atoms with Crippen LogP contribution in [0.15, 0.2) is 0 Å². The van der Waals surface area contributed by atoms with Crippen molar-refractivity contribution in [1.29, 1.82) is 0 Å². The van der Waals surface area contributed by atoms with E-state index >= 15 is 0 Å². The molecule has 3 N–H and O–H groups in total. The lowest BCUT2D eigenvalue weighted by Crippen LogP contribution is -2.45. The monoisotopic (exact) mass is 298 g/mol. The first-order valence-electron chi connectivity index (χ1n) is 8.43. The van der Waals surface area contributed by atoms with Crippen molar-refractivity contribution in [3.8, 4) is 0 Å². The van der Waals surface area contributed by atoms with Crippen molar-refractivity contribution in [2.75, 3.05) is 46.3 Å². The quantitative estimate of drug-likeness (QED) is 0.621. The Balaban J connectivity index is 2.02. The summed E-state index contributed by atoms with van der Waals surface area (Å²) in [6.07, 6.45) is 4.02. The average Bonchev–Trinajstić information content (AvgIpc) is 2.44. The van der Waals surface area contributed by atoms with E-state index in [1.807, 2.05) is 13.8 Å². The van der Waals surface area contributed by atoms with Crippen molar-refractivity contribution in [3.63, 3.8) is 0 Å². The molecule has 1 rings (SSSR count). The SMILES string of the molecule is CC(N)CCCC(C)C(=O)NCCCN1CCN(C)CC1. The molecule has 0 spiro atoms. The van der Waals surface area contributed by atoms with Crippen LogP contribution in [0.1, 0.15) is 39.5 Å². The summed E-state index contributed by atoms with van der Waals surface area (Å²) in [6, 6.07) is 0.240. The molecule has 0 aromatic rings. The number of rotatable bonds is 9. The minimum Gasteiger partial charge on any atom is -0.356 e. The number of nitrogens with two attached hydrogens (primary N) is 1. The third-order valence-corrected chi connectivity index (χ3v) is 4.29.